The molecule has 2 aromatic carbocycles. The van der Waals surface area contributed by atoms with Gasteiger partial charge in [-0.2, -0.15) is 0 Å². The highest BCUT2D eigenvalue weighted by molar-refractivity contribution is 8.13. The lowest BCUT2D eigenvalue weighted by Crippen LogP contribution is -2.21. The summed E-state index contributed by atoms with van der Waals surface area (Å²) in [6.07, 6.45) is 4.79. The molecule has 1 aliphatic carbocycles. The van der Waals surface area contributed by atoms with Gasteiger partial charge < -0.3 is 0 Å². The van der Waals surface area contributed by atoms with E-state index < -0.39 is 11.6 Å². The number of hydrogen-bond donors (Lipinski definition) is 0. The Bertz CT molecular complexity index is 865. The zero-order valence-corrected chi connectivity index (χ0v) is 14.1. The summed E-state index contributed by atoms with van der Waals surface area (Å²) in [5, 5.41) is 0.122. The van der Waals surface area contributed by atoms with E-state index in [9.17, 15) is 14.4 Å². The van der Waals surface area contributed by atoms with Crippen LogP contribution >= 0.6 is 11.8 Å². The highest BCUT2D eigenvalue weighted by Crippen LogP contribution is 2.34. The van der Waals surface area contributed by atoms with Gasteiger partial charge in [-0.1, -0.05) is 54.2 Å². The molecule has 1 aliphatic rings. The molecule has 0 aliphatic heterocycles. The van der Waals surface area contributed by atoms with Crippen molar-refractivity contribution >= 4 is 34.5 Å². The van der Waals surface area contributed by atoms with Crippen LogP contribution in [0.4, 0.5) is 0 Å². The smallest absolute Gasteiger partial charge is 0.234 e. The summed E-state index contributed by atoms with van der Waals surface area (Å²) in [7, 11) is 0. The van der Waals surface area contributed by atoms with Crippen LogP contribution in [0.25, 0.3) is 17.2 Å². The van der Waals surface area contributed by atoms with Crippen molar-refractivity contribution in [3.05, 3.63) is 65.2 Å². The third kappa shape index (κ3) is 3.24. The molecule has 0 aromatic heterocycles. The first kappa shape index (κ1) is 16.4. The van der Waals surface area contributed by atoms with Crippen LogP contribution in [0.1, 0.15) is 39.6 Å². The van der Waals surface area contributed by atoms with Crippen LogP contribution in [-0.4, -0.2) is 22.4 Å². The standard InChI is InChI=1S/C20H16O3S/c1-13(21)24-11-5-4-6-14-9-10-17-18(12-14)15-7-2-3-8-16(15)19(22)20(17)23/h2-4,6-10,12H,5,11H2,1H3. The molecule has 0 radical (unpaired) electrons. The maximum absolute atomic E-state index is 12.3. The molecule has 120 valence electrons. The molecule has 3 rings (SSSR count). The van der Waals surface area contributed by atoms with Gasteiger partial charge >= 0.3 is 0 Å². The molecule has 0 unspecified atom stereocenters. The second-order valence-electron chi connectivity index (χ2n) is 5.54. The van der Waals surface area contributed by atoms with E-state index in [1.807, 2.05) is 36.4 Å². The Morgan fingerprint density at radius 3 is 2.33 bits per heavy atom. The lowest BCUT2D eigenvalue weighted by Gasteiger charge is -2.18. The fraction of sp³-hybridized carbons (Fsp3) is 0.150. The Morgan fingerprint density at radius 1 is 0.958 bits per heavy atom. The minimum atomic E-state index is -0.447. The molecule has 0 bridgehead atoms. The van der Waals surface area contributed by atoms with E-state index in [-0.39, 0.29) is 5.12 Å². The second kappa shape index (κ2) is 6.97. The highest BCUT2D eigenvalue weighted by Gasteiger charge is 2.29. The lowest BCUT2D eigenvalue weighted by molar-refractivity contribution is -0.109. The Morgan fingerprint density at radius 2 is 1.62 bits per heavy atom. The first-order chi connectivity index (χ1) is 11.6. The molecule has 0 saturated carbocycles. The van der Waals surface area contributed by atoms with Gasteiger partial charge in [0.15, 0.2) is 5.12 Å². The van der Waals surface area contributed by atoms with E-state index in [0.717, 1.165) is 28.9 Å². The zero-order chi connectivity index (χ0) is 17.1. The Hall–Kier alpha value is -2.46. The quantitative estimate of drug-likeness (QED) is 0.613. The predicted octanol–water partition coefficient (Wildman–Crippen LogP) is 4.42. The maximum atomic E-state index is 12.3. The van der Waals surface area contributed by atoms with Crippen LogP contribution in [0, 0.1) is 0 Å². The van der Waals surface area contributed by atoms with Gasteiger partial charge in [-0.3, -0.25) is 14.4 Å². The van der Waals surface area contributed by atoms with E-state index in [2.05, 4.69) is 0 Å². The SMILES string of the molecule is CC(=O)SCCC=Cc1ccc2c(c1)-c1ccccc1C(=O)C2=O. The number of carbonyl (C=O) groups excluding carboxylic acids is 3. The van der Waals surface area contributed by atoms with Crippen molar-refractivity contribution in [2.24, 2.45) is 0 Å². The number of hydrogen-bond acceptors (Lipinski definition) is 4. The molecular formula is C20H16O3S. The average molecular weight is 336 g/mol. The molecule has 0 heterocycles. The molecule has 2 aromatic rings. The van der Waals surface area contributed by atoms with Gasteiger partial charge in [-0.05, 0) is 35.2 Å². The number of carbonyl (C=O) groups is 3. The lowest BCUT2D eigenvalue weighted by atomic mass is 9.83. The van der Waals surface area contributed by atoms with E-state index in [1.165, 1.54) is 11.8 Å². The van der Waals surface area contributed by atoms with Crippen molar-refractivity contribution in [3.8, 4) is 11.1 Å². The van der Waals surface area contributed by atoms with E-state index >= 15 is 0 Å². The van der Waals surface area contributed by atoms with Crippen molar-refractivity contribution in [2.45, 2.75) is 13.3 Å². The van der Waals surface area contributed by atoms with Gasteiger partial charge in [0.25, 0.3) is 0 Å². The van der Waals surface area contributed by atoms with Gasteiger partial charge in [-0.15, -0.1) is 0 Å². The van der Waals surface area contributed by atoms with Crippen LogP contribution < -0.4 is 0 Å². The van der Waals surface area contributed by atoms with Crippen molar-refractivity contribution in [1.29, 1.82) is 0 Å². The van der Waals surface area contributed by atoms with Gasteiger partial charge in [0.2, 0.25) is 11.6 Å². The topological polar surface area (TPSA) is 51.2 Å². The number of allylic oxidation sites excluding steroid dienone is 1. The maximum Gasteiger partial charge on any atom is 0.234 e. The molecule has 0 saturated heterocycles. The fourth-order valence-corrected chi connectivity index (χ4v) is 3.28. The normalized spacial score (nSPS) is 13.0. The van der Waals surface area contributed by atoms with Crippen LogP contribution in [0.2, 0.25) is 0 Å². The van der Waals surface area contributed by atoms with Crippen molar-refractivity contribution in [2.75, 3.05) is 5.75 Å². The summed E-state index contributed by atoms with van der Waals surface area (Å²) in [5.41, 5.74) is 3.51. The first-order valence-corrected chi connectivity index (χ1v) is 8.69. The molecule has 4 heteroatoms. The van der Waals surface area contributed by atoms with Gasteiger partial charge in [0.05, 0.1) is 0 Å². The number of Topliss-reactive ketones (excluding diaryl/α,β-unsaturated/α-hetero) is 2. The molecule has 0 N–H and O–H groups in total. The van der Waals surface area contributed by atoms with E-state index in [0.29, 0.717) is 11.1 Å². The number of ketones is 2. The zero-order valence-electron chi connectivity index (χ0n) is 13.2. The molecule has 24 heavy (non-hydrogen) atoms. The van der Waals surface area contributed by atoms with Gasteiger partial charge in [-0.25, -0.2) is 0 Å². The number of thioether (sulfide) groups is 1. The van der Waals surface area contributed by atoms with E-state index in [1.54, 1.807) is 25.1 Å². The van der Waals surface area contributed by atoms with Crippen LogP contribution in [0.15, 0.2) is 48.5 Å². The molecule has 3 nitrogen and oxygen atoms in total. The number of benzene rings is 2. The van der Waals surface area contributed by atoms with Crippen LogP contribution in [0.3, 0.4) is 0 Å². The van der Waals surface area contributed by atoms with Crippen LogP contribution in [0.5, 0.6) is 0 Å². The third-order valence-corrected chi connectivity index (χ3v) is 4.70. The highest BCUT2D eigenvalue weighted by atomic mass is 32.2. The minimum absolute atomic E-state index is 0.122. The molecule has 0 amide bonds. The van der Waals surface area contributed by atoms with E-state index in [4.69, 9.17) is 0 Å². The molecule has 0 fully saturated rings. The average Bonchev–Trinajstić information content (AvgIpc) is 2.59. The molecular weight excluding hydrogens is 320 g/mol. The monoisotopic (exact) mass is 336 g/mol. The van der Waals surface area contributed by atoms with Crippen molar-refractivity contribution in [1.82, 2.24) is 0 Å². The first-order valence-electron chi connectivity index (χ1n) is 7.70. The van der Waals surface area contributed by atoms with Crippen LogP contribution in [-0.2, 0) is 4.79 Å². The fourth-order valence-electron chi connectivity index (χ4n) is 2.74. The molecule has 0 atom stereocenters. The summed E-state index contributed by atoms with van der Waals surface area (Å²) in [5.74, 6) is -0.133. The number of fused-ring (bicyclic) bond motifs is 3. The predicted molar refractivity (Wildman–Crippen MR) is 97.3 cm³/mol. The summed E-state index contributed by atoms with van der Waals surface area (Å²) in [6.45, 7) is 1.56. The summed E-state index contributed by atoms with van der Waals surface area (Å²) >= 11 is 1.31. The second-order valence-corrected chi connectivity index (χ2v) is 6.81. The van der Waals surface area contributed by atoms with Gasteiger partial charge in [0, 0.05) is 23.8 Å². The Balaban J connectivity index is 1.88. The minimum Gasteiger partial charge on any atom is -0.288 e. The summed E-state index contributed by atoms with van der Waals surface area (Å²) < 4.78 is 0. The van der Waals surface area contributed by atoms with Gasteiger partial charge in [0.1, 0.15) is 0 Å². The summed E-state index contributed by atoms with van der Waals surface area (Å²) in [4.78, 5) is 35.3. The molecule has 0 spiro atoms. The van der Waals surface area contributed by atoms with Crippen molar-refractivity contribution in [3.63, 3.8) is 0 Å². The Labute approximate surface area is 144 Å². The number of rotatable bonds is 4. The third-order valence-electron chi connectivity index (χ3n) is 3.86. The van der Waals surface area contributed by atoms with Crippen molar-refractivity contribution < 1.29 is 14.4 Å². The Kier molecular flexibility index (Phi) is 4.76. The largest absolute Gasteiger partial charge is 0.288 e. The summed E-state index contributed by atoms with van der Waals surface area (Å²) in [6, 6.07) is 12.7.